The second-order valence-corrected chi connectivity index (χ2v) is 5.85. The van der Waals surface area contributed by atoms with Gasteiger partial charge in [-0.3, -0.25) is 14.9 Å². The van der Waals surface area contributed by atoms with Gasteiger partial charge in [-0.05, 0) is 30.2 Å². The minimum absolute atomic E-state index is 0.0428. The van der Waals surface area contributed by atoms with Crippen LogP contribution in [0.3, 0.4) is 0 Å². The quantitative estimate of drug-likeness (QED) is 0.760. The zero-order valence-corrected chi connectivity index (χ0v) is 13.9. The number of amides is 3. The van der Waals surface area contributed by atoms with Gasteiger partial charge in [-0.25, -0.2) is 4.79 Å². The Morgan fingerprint density at radius 1 is 1.31 bits per heavy atom. The molecule has 2 N–H and O–H groups in total. The Morgan fingerprint density at radius 2 is 2.04 bits per heavy atom. The van der Waals surface area contributed by atoms with Crippen molar-refractivity contribution in [2.45, 2.75) is 12.6 Å². The van der Waals surface area contributed by atoms with Gasteiger partial charge in [-0.1, -0.05) is 11.6 Å². The fourth-order valence-electron chi connectivity index (χ4n) is 2.16. The van der Waals surface area contributed by atoms with E-state index in [1.54, 1.807) is 23.5 Å². The number of halogens is 4. The van der Waals surface area contributed by atoms with Crippen LogP contribution in [0.2, 0.25) is 5.02 Å². The molecule has 0 bridgehead atoms. The van der Waals surface area contributed by atoms with Crippen LogP contribution in [0.25, 0.3) is 0 Å². The summed E-state index contributed by atoms with van der Waals surface area (Å²) in [6.45, 7) is -2.36. The Labute approximate surface area is 150 Å². The summed E-state index contributed by atoms with van der Waals surface area (Å²) in [7, 11) is 0. The van der Waals surface area contributed by atoms with Crippen LogP contribution in [0.4, 0.5) is 18.0 Å². The molecule has 142 valence electrons. The number of nitrogens with one attached hydrogen (secondary N) is 2. The van der Waals surface area contributed by atoms with Gasteiger partial charge in [0.25, 0.3) is 5.91 Å². The fraction of sp³-hybridized carbons (Fsp3) is 0.400. The molecule has 0 aromatic heterocycles. The van der Waals surface area contributed by atoms with E-state index in [4.69, 9.17) is 21.1 Å². The number of esters is 1. The van der Waals surface area contributed by atoms with E-state index in [2.05, 4.69) is 0 Å². The number of urea groups is 1. The molecule has 0 fully saturated rings. The number of carbonyl (C=O) groups is 3. The van der Waals surface area contributed by atoms with Crippen molar-refractivity contribution in [3.8, 4) is 5.75 Å². The molecule has 1 aliphatic heterocycles. The molecular formula is C15H14ClF3N2O5. The number of hydrogen-bond donors (Lipinski definition) is 2. The van der Waals surface area contributed by atoms with Crippen molar-refractivity contribution in [1.82, 2.24) is 10.6 Å². The summed E-state index contributed by atoms with van der Waals surface area (Å²) in [6, 6.07) is 3.63. The van der Waals surface area contributed by atoms with Crippen molar-refractivity contribution in [2.24, 2.45) is 5.92 Å². The highest BCUT2D eigenvalue weighted by Gasteiger charge is 2.29. The minimum atomic E-state index is -4.60. The normalized spacial score (nSPS) is 16.1. The monoisotopic (exact) mass is 394 g/mol. The van der Waals surface area contributed by atoms with Crippen molar-refractivity contribution in [3.05, 3.63) is 28.8 Å². The lowest BCUT2D eigenvalue weighted by Gasteiger charge is -2.24. The summed E-state index contributed by atoms with van der Waals surface area (Å²) in [4.78, 5) is 34.5. The number of rotatable bonds is 4. The van der Waals surface area contributed by atoms with Gasteiger partial charge in [0, 0.05) is 5.02 Å². The molecule has 0 saturated heterocycles. The Kier molecular flexibility index (Phi) is 6.30. The van der Waals surface area contributed by atoms with E-state index in [1.165, 1.54) is 5.32 Å². The predicted molar refractivity (Wildman–Crippen MR) is 82.7 cm³/mol. The number of imide groups is 1. The molecule has 3 amide bonds. The van der Waals surface area contributed by atoms with E-state index >= 15 is 0 Å². The second kappa shape index (κ2) is 8.26. The molecule has 1 aliphatic rings. The zero-order chi connectivity index (χ0) is 19.3. The van der Waals surface area contributed by atoms with Gasteiger partial charge >= 0.3 is 18.2 Å². The average molecular weight is 395 g/mol. The van der Waals surface area contributed by atoms with Crippen molar-refractivity contribution < 1.29 is 37.0 Å². The third-order valence-corrected chi connectivity index (χ3v) is 3.55. The van der Waals surface area contributed by atoms with Crippen molar-refractivity contribution in [1.29, 1.82) is 0 Å². The van der Waals surface area contributed by atoms with Crippen LogP contribution in [0, 0.1) is 5.92 Å². The molecule has 2 rings (SSSR count). The largest absolute Gasteiger partial charge is 0.492 e. The number of hydrogen-bond acceptors (Lipinski definition) is 5. The maximum atomic E-state index is 12.0. The molecule has 0 radical (unpaired) electrons. The molecule has 0 unspecified atom stereocenters. The minimum Gasteiger partial charge on any atom is -0.492 e. The van der Waals surface area contributed by atoms with E-state index in [0.29, 0.717) is 22.8 Å². The maximum Gasteiger partial charge on any atom is 0.405 e. The summed E-state index contributed by atoms with van der Waals surface area (Å²) in [5.41, 5.74) is 0.710. The van der Waals surface area contributed by atoms with Crippen LogP contribution < -0.4 is 15.4 Å². The Hall–Kier alpha value is -2.49. The summed E-state index contributed by atoms with van der Waals surface area (Å²) < 4.78 is 46.0. The molecular weight excluding hydrogens is 381 g/mol. The smallest absolute Gasteiger partial charge is 0.405 e. The molecule has 11 heteroatoms. The highest BCUT2D eigenvalue weighted by molar-refractivity contribution is 6.30. The predicted octanol–water partition coefficient (Wildman–Crippen LogP) is 1.82. The number of carbonyl (C=O) groups excluding carboxylic acids is 3. The lowest BCUT2D eigenvalue weighted by atomic mass is 9.97. The van der Waals surface area contributed by atoms with E-state index in [-0.39, 0.29) is 6.61 Å². The molecule has 0 aliphatic carbocycles. The van der Waals surface area contributed by atoms with Crippen molar-refractivity contribution in [2.75, 3.05) is 19.8 Å². The van der Waals surface area contributed by atoms with Crippen LogP contribution in [0.15, 0.2) is 18.2 Å². The first-order valence-electron chi connectivity index (χ1n) is 7.36. The lowest BCUT2D eigenvalue weighted by Crippen LogP contribution is -2.45. The summed E-state index contributed by atoms with van der Waals surface area (Å²) in [5.74, 6) is -1.87. The highest BCUT2D eigenvalue weighted by Crippen LogP contribution is 2.30. The average Bonchev–Trinajstić information content (AvgIpc) is 2.56. The van der Waals surface area contributed by atoms with Gasteiger partial charge < -0.3 is 14.8 Å². The van der Waals surface area contributed by atoms with Gasteiger partial charge in [-0.2, -0.15) is 13.2 Å². The van der Waals surface area contributed by atoms with Gasteiger partial charge in [-0.15, -0.1) is 0 Å². The Bertz CT molecular complexity index is 711. The van der Waals surface area contributed by atoms with Gasteiger partial charge in [0.1, 0.15) is 18.9 Å². The highest BCUT2D eigenvalue weighted by atomic mass is 35.5. The fourth-order valence-corrected chi connectivity index (χ4v) is 2.35. The Balaban J connectivity index is 1.76. The molecule has 0 spiro atoms. The first-order valence-corrected chi connectivity index (χ1v) is 7.74. The van der Waals surface area contributed by atoms with Crippen LogP contribution in [0.1, 0.15) is 5.56 Å². The maximum absolute atomic E-state index is 12.0. The second-order valence-electron chi connectivity index (χ2n) is 5.42. The van der Waals surface area contributed by atoms with Gasteiger partial charge in [0.05, 0.1) is 5.92 Å². The van der Waals surface area contributed by atoms with Crippen LogP contribution in [-0.4, -0.2) is 43.8 Å². The lowest BCUT2D eigenvalue weighted by molar-refractivity contribution is -0.153. The number of benzene rings is 1. The first kappa shape index (κ1) is 19.8. The molecule has 1 aromatic carbocycles. The number of alkyl halides is 3. The first-order chi connectivity index (χ1) is 12.1. The third-order valence-electron chi connectivity index (χ3n) is 3.31. The summed E-state index contributed by atoms with van der Waals surface area (Å²) in [5, 5.41) is 3.55. The van der Waals surface area contributed by atoms with E-state index in [9.17, 15) is 27.6 Å². The summed E-state index contributed by atoms with van der Waals surface area (Å²) >= 11 is 5.88. The van der Waals surface area contributed by atoms with Crippen LogP contribution in [-0.2, 0) is 20.7 Å². The third kappa shape index (κ3) is 6.10. The van der Waals surface area contributed by atoms with E-state index in [1.807, 2.05) is 0 Å². The SMILES string of the molecule is O=C(COC(=O)[C@H]1COc2ccc(Cl)cc2C1)NC(=O)NCC(F)(F)F. The van der Waals surface area contributed by atoms with Gasteiger partial charge in [0.15, 0.2) is 6.61 Å². The molecule has 0 saturated carbocycles. The number of fused-ring (bicyclic) bond motifs is 1. The van der Waals surface area contributed by atoms with Crippen molar-refractivity contribution >= 4 is 29.5 Å². The van der Waals surface area contributed by atoms with Crippen LogP contribution in [0.5, 0.6) is 5.75 Å². The topological polar surface area (TPSA) is 93.7 Å². The standard InChI is InChI=1S/C15H14ClF3N2O5/c16-10-1-2-11-8(4-10)3-9(5-25-11)13(23)26-6-12(22)21-14(24)20-7-15(17,18)19/h1-2,4,9H,3,5-7H2,(H2,20,21,22,24)/t9-/m1/s1. The van der Waals surface area contributed by atoms with E-state index in [0.717, 1.165) is 0 Å². The molecule has 26 heavy (non-hydrogen) atoms. The van der Waals surface area contributed by atoms with Crippen molar-refractivity contribution in [3.63, 3.8) is 0 Å². The Morgan fingerprint density at radius 3 is 2.73 bits per heavy atom. The molecule has 1 aromatic rings. The number of ether oxygens (including phenoxy) is 2. The molecule has 1 atom stereocenters. The summed E-state index contributed by atoms with van der Waals surface area (Å²) in [6.07, 6.45) is -4.31. The zero-order valence-electron chi connectivity index (χ0n) is 13.2. The van der Waals surface area contributed by atoms with E-state index < -0.39 is 43.2 Å². The molecule has 1 heterocycles. The van der Waals surface area contributed by atoms with Gasteiger partial charge in [0.2, 0.25) is 0 Å². The van der Waals surface area contributed by atoms with Crippen LogP contribution >= 0.6 is 11.6 Å². The molecule has 7 nitrogen and oxygen atoms in total.